The average molecular weight is 1330 g/mol. The van der Waals surface area contributed by atoms with E-state index in [9.17, 15) is 0 Å². The molecular formula is C96H86N2O4. The van der Waals surface area contributed by atoms with E-state index >= 15 is 0 Å². The Morgan fingerprint density at radius 3 is 0.706 bits per heavy atom. The first-order valence-electron chi connectivity index (χ1n) is 37.5. The van der Waals surface area contributed by atoms with Crippen LogP contribution in [0.4, 0.5) is 34.1 Å². The van der Waals surface area contributed by atoms with Crippen molar-refractivity contribution in [2.75, 3.05) is 9.80 Å². The normalized spacial score (nSPS) is 15.0. The van der Waals surface area contributed by atoms with Crippen LogP contribution in [0.2, 0.25) is 0 Å². The number of ether oxygens (including phenoxy) is 4. The van der Waals surface area contributed by atoms with Gasteiger partial charge in [0.1, 0.15) is 46.0 Å². The lowest BCUT2D eigenvalue weighted by molar-refractivity contribution is 0.483. The van der Waals surface area contributed by atoms with Gasteiger partial charge in [0.2, 0.25) is 0 Å². The highest BCUT2D eigenvalue weighted by Crippen LogP contribution is 2.59. The third-order valence-corrected chi connectivity index (χ3v) is 21.4. The molecule has 0 radical (unpaired) electrons. The molecule has 4 fully saturated rings. The van der Waals surface area contributed by atoms with Gasteiger partial charge in [0.15, 0.2) is 0 Å². The summed E-state index contributed by atoms with van der Waals surface area (Å²) in [5.74, 6) is 5.45. The maximum atomic E-state index is 7.66. The Balaban J connectivity index is 0.989. The first kappa shape index (κ1) is 64.3. The predicted octanol–water partition coefficient (Wildman–Crippen LogP) is 29.2. The standard InChI is InChI=1S/C96H86N2O4/c1-9-25-67(26-10-1)61-71-41-49-75(50-42-71)97(76-51-43-72(44-52-76)62-68-27-11-2-12-28-68)85-65-89(101-81-37-21-7-22-38-81)95-91-83(85)57-59-87(99-79-33-17-5-18-34-79)93(91)96-90(102-82-39-23-8-24-40-82)66-86(84-58-60-88(94(95)92(84)96)100-80-35-19-6-20-36-80)98(77-53-45-73(46-54-77)63-69-29-13-3-14-30-69)78-55-47-74(48-56-78)64-70-31-15-4-16-32-70/h5-8,17-24,33-66H,1-4,9-16,25-32H2. The van der Waals surface area contributed by atoms with Gasteiger partial charge in [0.05, 0.1) is 11.4 Å². The molecular weight excluding hydrogens is 1250 g/mol. The summed E-state index contributed by atoms with van der Waals surface area (Å²) in [4.78, 5) is 4.86. The molecule has 0 unspecified atom stereocenters. The quantitative estimate of drug-likeness (QED) is 0.0630. The summed E-state index contributed by atoms with van der Waals surface area (Å²) in [7, 11) is 0. The molecule has 13 aromatic rings. The molecule has 6 heteroatoms. The van der Waals surface area contributed by atoms with E-state index < -0.39 is 0 Å². The van der Waals surface area contributed by atoms with Gasteiger partial charge < -0.3 is 28.7 Å². The molecule has 4 aliphatic rings. The smallest absolute Gasteiger partial charge is 0.138 e. The predicted molar refractivity (Wildman–Crippen MR) is 427 cm³/mol. The number of anilines is 6. The number of nitrogens with zero attached hydrogens (tertiary/aromatic N) is 2. The van der Waals surface area contributed by atoms with Gasteiger partial charge in [0, 0.05) is 78.0 Å². The van der Waals surface area contributed by atoms with Crippen molar-refractivity contribution >= 4 is 102 Å². The lowest BCUT2D eigenvalue weighted by Gasteiger charge is -2.31. The number of hydrogen-bond donors (Lipinski definition) is 0. The van der Waals surface area contributed by atoms with Gasteiger partial charge in [-0.3, -0.25) is 0 Å². The summed E-state index contributed by atoms with van der Waals surface area (Å²) in [6, 6.07) is 91.1. The molecule has 0 N–H and O–H groups in total. The van der Waals surface area contributed by atoms with Crippen LogP contribution in [-0.2, 0) is 0 Å². The van der Waals surface area contributed by atoms with E-state index in [-0.39, 0.29) is 0 Å². The van der Waals surface area contributed by atoms with E-state index in [0.717, 1.165) is 129 Å². The van der Waals surface area contributed by atoms with Crippen LogP contribution < -0.4 is 28.7 Å². The minimum absolute atomic E-state index is 0.651. The third kappa shape index (κ3) is 13.8. The van der Waals surface area contributed by atoms with Crippen molar-refractivity contribution in [3.63, 3.8) is 0 Å². The molecule has 0 saturated heterocycles. The van der Waals surface area contributed by atoms with Crippen LogP contribution in [0.1, 0.15) is 151 Å². The Morgan fingerprint density at radius 1 is 0.216 bits per heavy atom. The highest BCUT2D eigenvalue weighted by atomic mass is 16.5. The zero-order valence-electron chi connectivity index (χ0n) is 58.2. The zero-order valence-corrected chi connectivity index (χ0v) is 58.2. The highest BCUT2D eigenvalue weighted by Gasteiger charge is 2.32. The van der Waals surface area contributed by atoms with Gasteiger partial charge in [-0.25, -0.2) is 0 Å². The number of rotatable bonds is 18. The van der Waals surface area contributed by atoms with Crippen LogP contribution in [-0.4, -0.2) is 0 Å². The molecule has 0 heterocycles. The Labute approximate surface area is 600 Å². The molecule has 6 nitrogen and oxygen atoms in total. The first-order chi connectivity index (χ1) is 50.5. The fourth-order valence-electron chi connectivity index (χ4n) is 16.3. The number of benzene rings is 13. The van der Waals surface area contributed by atoms with E-state index in [1.807, 2.05) is 97.1 Å². The van der Waals surface area contributed by atoms with Gasteiger partial charge in [0.25, 0.3) is 0 Å². The van der Waals surface area contributed by atoms with E-state index in [1.165, 1.54) is 122 Å². The average Bonchev–Trinajstić information content (AvgIpc) is 0.687. The molecule has 0 atom stereocenters. The molecule has 0 aromatic heterocycles. The van der Waals surface area contributed by atoms with Gasteiger partial charge in [-0.1, -0.05) is 194 Å². The molecule has 13 aromatic carbocycles. The second kappa shape index (κ2) is 29.6. The fourth-order valence-corrected chi connectivity index (χ4v) is 16.3. The van der Waals surface area contributed by atoms with E-state index in [0.29, 0.717) is 46.0 Å². The van der Waals surface area contributed by atoms with Gasteiger partial charge in [-0.05, 0) is 246 Å². The van der Waals surface area contributed by atoms with Gasteiger partial charge >= 0.3 is 0 Å². The molecule has 504 valence electrons. The highest BCUT2D eigenvalue weighted by molar-refractivity contribution is 6.40. The Hall–Kier alpha value is -11.1. The summed E-state index contributed by atoms with van der Waals surface area (Å²) in [6.07, 6.45) is 34.1. The topological polar surface area (TPSA) is 43.4 Å². The largest absolute Gasteiger partial charge is 0.457 e. The van der Waals surface area contributed by atoms with Crippen molar-refractivity contribution in [3.8, 4) is 46.0 Å². The molecule has 0 bridgehead atoms. The summed E-state index contributed by atoms with van der Waals surface area (Å²) in [5, 5.41) is 7.31. The van der Waals surface area contributed by atoms with E-state index in [2.05, 4.69) is 192 Å². The summed E-state index contributed by atoms with van der Waals surface area (Å²) in [6.45, 7) is 0. The summed E-state index contributed by atoms with van der Waals surface area (Å²) < 4.78 is 30.2. The SMILES string of the molecule is C(=C1CCCCC1)c1ccc(N(c2ccc(C=C3CCCCC3)cc2)c2cc(Oc3ccccc3)c3c4c(Oc5ccccc5)ccc5c(N(c6ccc(C=C7CCCCC7)cc6)c6ccc(C=C7CCCCC7)cc6)cc(Oc6ccccc6)c(c6c(Oc7ccccc7)ccc2c63)c54)cc1. The third-order valence-electron chi connectivity index (χ3n) is 21.4. The lowest BCUT2D eigenvalue weighted by atomic mass is 9.86. The molecule has 17 rings (SSSR count). The number of hydrogen-bond acceptors (Lipinski definition) is 6. The number of para-hydroxylation sites is 4. The molecule has 0 spiro atoms. The molecule has 4 saturated carbocycles. The summed E-state index contributed by atoms with van der Waals surface area (Å²) >= 11 is 0. The van der Waals surface area contributed by atoms with Crippen molar-refractivity contribution in [3.05, 3.63) is 299 Å². The summed E-state index contributed by atoms with van der Waals surface area (Å²) in [5.41, 5.74) is 16.9. The van der Waals surface area contributed by atoms with Crippen LogP contribution in [0.15, 0.2) is 277 Å². The maximum Gasteiger partial charge on any atom is 0.138 e. The molecule has 0 aliphatic heterocycles. The zero-order chi connectivity index (χ0) is 68.0. The van der Waals surface area contributed by atoms with E-state index in [4.69, 9.17) is 18.9 Å². The van der Waals surface area contributed by atoms with Crippen molar-refractivity contribution in [1.29, 1.82) is 0 Å². The van der Waals surface area contributed by atoms with Crippen molar-refractivity contribution in [2.24, 2.45) is 0 Å². The second-order valence-electron chi connectivity index (χ2n) is 28.4. The minimum atomic E-state index is 0.651. The minimum Gasteiger partial charge on any atom is -0.457 e. The molecule has 4 aliphatic carbocycles. The second-order valence-corrected chi connectivity index (χ2v) is 28.4. The van der Waals surface area contributed by atoms with Crippen LogP contribution in [0.5, 0.6) is 46.0 Å². The first-order valence-corrected chi connectivity index (χ1v) is 37.5. The van der Waals surface area contributed by atoms with Crippen molar-refractivity contribution < 1.29 is 18.9 Å². The van der Waals surface area contributed by atoms with Crippen LogP contribution in [0.25, 0.3) is 67.4 Å². The monoisotopic (exact) mass is 1330 g/mol. The van der Waals surface area contributed by atoms with Gasteiger partial charge in [-0.2, -0.15) is 0 Å². The van der Waals surface area contributed by atoms with E-state index in [1.54, 1.807) is 0 Å². The fraction of sp³-hybridized carbons (Fsp3) is 0.208. The number of allylic oxidation sites excluding steroid dienone is 4. The Bertz CT molecular complexity index is 4710. The Morgan fingerprint density at radius 2 is 0.451 bits per heavy atom. The maximum absolute atomic E-state index is 7.66. The van der Waals surface area contributed by atoms with Crippen molar-refractivity contribution in [1.82, 2.24) is 0 Å². The molecule has 0 amide bonds. The molecule has 102 heavy (non-hydrogen) atoms. The van der Waals surface area contributed by atoms with Crippen LogP contribution >= 0.6 is 0 Å². The Kier molecular flexibility index (Phi) is 18.7. The lowest BCUT2D eigenvalue weighted by Crippen LogP contribution is -2.12. The van der Waals surface area contributed by atoms with Crippen LogP contribution in [0, 0.1) is 0 Å². The van der Waals surface area contributed by atoms with Crippen molar-refractivity contribution in [2.45, 2.75) is 128 Å². The number of fused-ring (bicyclic) bond motifs is 2. The van der Waals surface area contributed by atoms with Gasteiger partial charge in [-0.15, -0.1) is 0 Å². The van der Waals surface area contributed by atoms with Crippen LogP contribution in [0.3, 0.4) is 0 Å².